The summed E-state index contributed by atoms with van der Waals surface area (Å²) in [5.41, 5.74) is 1.55. The van der Waals surface area contributed by atoms with E-state index in [9.17, 15) is 14.7 Å². The molecule has 1 saturated carbocycles. The van der Waals surface area contributed by atoms with E-state index in [4.69, 9.17) is 0 Å². The molecule has 0 aromatic carbocycles. The first-order valence-electron chi connectivity index (χ1n) is 8.48. The summed E-state index contributed by atoms with van der Waals surface area (Å²) in [6.07, 6.45) is 4.84. The Balaban J connectivity index is 1.59. The van der Waals surface area contributed by atoms with Gasteiger partial charge in [-0.3, -0.25) is 9.59 Å². The van der Waals surface area contributed by atoms with Gasteiger partial charge in [0.15, 0.2) is 5.13 Å². The highest BCUT2D eigenvalue weighted by molar-refractivity contribution is 7.18. The minimum absolute atomic E-state index is 0.0411. The van der Waals surface area contributed by atoms with Crippen LogP contribution in [-0.4, -0.2) is 32.8 Å². The molecule has 2 aromatic rings. The van der Waals surface area contributed by atoms with Crippen LogP contribution in [0.3, 0.4) is 0 Å². The Morgan fingerprint density at radius 3 is 2.77 bits per heavy atom. The van der Waals surface area contributed by atoms with Crippen molar-refractivity contribution in [2.45, 2.75) is 38.6 Å². The fourth-order valence-corrected chi connectivity index (χ4v) is 3.88. The van der Waals surface area contributed by atoms with E-state index in [1.165, 1.54) is 6.92 Å². The predicted octanol–water partition coefficient (Wildman–Crippen LogP) is 3.17. The number of pyridine rings is 1. The van der Waals surface area contributed by atoms with Gasteiger partial charge in [-0.2, -0.15) is 0 Å². The van der Waals surface area contributed by atoms with Gasteiger partial charge in [-0.05, 0) is 37.8 Å². The molecule has 3 N–H and O–H groups in total. The molecule has 0 radical (unpaired) electrons. The largest absolute Gasteiger partial charge is 0.507 e. The van der Waals surface area contributed by atoms with Gasteiger partial charge in [0.05, 0.1) is 5.69 Å². The van der Waals surface area contributed by atoms with E-state index in [-0.39, 0.29) is 17.4 Å². The maximum atomic E-state index is 12.8. The number of aliphatic hydroxyl groups excluding tert-OH is 1. The van der Waals surface area contributed by atoms with Crippen LogP contribution < -0.4 is 10.6 Å². The number of hydrogen-bond donors (Lipinski definition) is 3. The van der Waals surface area contributed by atoms with Crippen molar-refractivity contribution in [3.8, 4) is 0 Å². The summed E-state index contributed by atoms with van der Waals surface area (Å²) >= 11 is 1.14. The Morgan fingerprint density at radius 1 is 1.31 bits per heavy atom. The molecular formula is C18H18N4O3S. The zero-order chi connectivity index (χ0) is 18.3. The standard InChI is InChI=1S/C18H18N4O3S/c1-9(23)20-18-22-13-6-5-12(16(25)17(13)26-18)15(24)10-2-7-14(19-8-10)21-11-3-4-11/h2,7-8,11,24H,3-6H2,1H3,(H,19,21)(H,20,22,23). The highest BCUT2D eigenvalue weighted by Gasteiger charge is 2.29. The maximum Gasteiger partial charge on any atom is 0.223 e. The highest BCUT2D eigenvalue weighted by atomic mass is 32.1. The molecule has 0 unspecified atom stereocenters. The summed E-state index contributed by atoms with van der Waals surface area (Å²) < 4.78 is 0. The van der Waals surface area contributed by atoms with Crippen LogP contribution >= 0.6 is 11.3 Å². The van der Waals surface area contributed by atoms with E-state index in [1.54, 1.807) is 12.3 Å². The summed E-state index contributed by atoms with van der Waals surface area (Å²) in [5.74, 6) is 0.264. The molecule has 0 atom stereocenters. The van der Waals surface area contributed by atoms with E-state index < -0.39 is 0 Å². The summed E-state index contributed by atoms with van der Waals surface area (Å²) in [6, 6.07) is 4.07. The lowest BCUT2D eigenvalue weighted by atomic mass is 9.93. The van der Waals surface area contributed by atoms with Crippen molar-refractivity contribution in [3.05, 3.63) is 40.0 Å². The Labute approximate surface area is 154 Å². The number of aromatic nitrogens is 2. The van der Waals surface area contributed by atoms with Gasteiger partial charge in [0, 0.05) is 30.3 Å². The molecule has 0 saturated heterocycles. The Bertz CT molecular complexity index is 913. The van der Waals surface area contributed by atoms with E-state index in [1.807, 2.05) is 6.07 Å². The average molecular weight is 370 g/mol. The third-order valence-corrected chi connectivity index (χ3v) is 5.34. The highest BCUT2D eigenvalue weighted by Crippen LogP contribution is 2.35. The molecule has 8 heteroatoms. The fourth-order valence-electron chi connectivity index (χ4n) is 2.85. The van der Waals surface area contributed by atoms with Crippen molar-refractivity contribution in [3.63, 3.8) is 0 Å². The number of carbonyl (C=O) groups excluding carboxylic acids is 2. The number of anilines is 2. The summed E-state index contributed by atoms with van der Waals surface area (Å²) in [4.78, 5) is 33.0. The zero-order valence-electron chi connectivity index (χ0n) is 14.2. The van der Waals surface area contributed by atoms with Crippen LogP contribution in [0.4, 0.5) is 10.9 Å². The number of aryl methyl sites for hydroxylation is 1. The smallest absolute Gasteiger partial charge is 0.223 e. The number of ketones is 1. The van der Waals surface area contributed by atoms with Crippen molar-refractivity contribution in [2.24, 2.45) is 0 Å². The van der Waals surface area contributed by atoms with Gasteiger partial charge >= 0.3 is 0 Å². The molecule has 0 spiro atoms. The number of aliphatic hydroxyl groups is 1. The quantitative estimate of drug-likeness (QED) is 0.564. The second-order valence-electron chi connectivity index (χ2n) is 6.48. The number of nitrogens with zero attached hydrogens (tertiary/aromatic N) is 2. The van der Waals surface area contributed by atoms with Gasteiger partial charge in [0.2, 0.25) is 11.7 Å². The Kier molecular flexibility index (Phi) is 4.20. The van der Waals surface area contributed by atoms with Crippen LogP contribution in [0.5, 0.6) is 0 Å². The molecule has 2 aromatic heterocycles. The van der Waals surface area contributed by atoms with Gasteiger partial charge in [-0.25, -0.2) is 9.97 Å². The molecular weight excluding hydrogens is 352 g/mol. The minimum atomic E-state index is -0.238. The zero-order valence-corrected chi connectivity index (χ0v) is 15.0. The molecule has 26 heavy (non-hydrogen) atoms. The third-order valence-electron chi connectivity index (χ3n) is 4.32. The molecule has 4 rings (SSSR count). The SMILES string of the molecule is CC(=O)Nc1nc2c(s1)C(=O)C(=C(O)c1ccc(NC3CC3)nc1)CC2. The summed E-state index contributed by atoms with van der Waals surface area (Å²) in [6.45, 7) is 1.40. The lowest BCUT2D eigenvalue weighted by Crippen LogP contribution is -2.14. The molecule has 2 aliphatic carbocycles. The van der Waals surface area contributed by atoms with Gasteiger partial charge < -0.3 is 15.7 Å². The lowest BCUT2D eigenvalue weighted by Gasteiger charge is -2.14. The number of thiazole rings is 1. The number of fused-ring (bicyclic) bond motifs is 1. The number of hydrogen-bond acceptors (Lipinski definition) is 7. The van der Waals surface area contributed by atoms with Crippen LogP contribution in [0.15, 0.2) is 23.9 Å². The van der Waals surface area contributed by atoms with E-state index in [0.29, 0.717) is 45.7 Å². The Morgan fingerprint density at radius 2 is 2.12 bits per heavy atom. The van der Waals surface area contributed by atoms with Gasteiger partial charge in [0.25, 0.3) is 0 Å². The normalized spacial score (nSPS) is 18.3. The van der Waals surface area contributed by atoms with Crippen molar-refractivity contribution >= 4 is 39.7 Å². The number of rotatable bonds is 4. The van der Waals surface area contributed by atoms with Crippen LogP contribution in [0.1, 0.15) is 47.1 Å². The van der Waals surface area contributed by atoms with Crippen molar-refractivity contribution in [1.82, 2.24) is 9.97 Å². The molecule has 1 amide bonds. The van der Waals surface area contributed by atoms with Gasteiger partial charge in [-0.15, -0.1) is 0 Å². The van der Waals surface area contributed by atoms with E-state index >= 15 is 0 Å². The van der Waals surface area contributed by atoms with E-state index in [0.717, 1.165) is 30.0 Å². The summed E-state index contributed by atoms with van der Waals surface area (Å²) in [5, 5.41) is 16.9. The molecule has 1 fully saturated rings. The van der Waals surface area contributed by atoms with E-state index in [2.05, 4.69) is 20.6 Å². The monoisotopic (exact) mass is 370 g/mol. The molecule has 0 bridgehead atoms. The van der Waals surface area contributed by atoms with Crippen LogP contribution in [-0.2, 0) is 11.2 Å². The molecule has 7 nitrogen and oxygen atoms in total. The molecule has 134 valence electrons. The first kappa shape index (κ1) is 16.7. The topological polar surface area (TPSA) is 104 Å². The fraction of sp³-hybridized carbons (Fsp3) is 0.333. The average Bonchev–Trinajstić information content (AvgIpc) is 3.32. The molecule has 0 aliphatic heterocycles. The number of amides is 1. The number of nitrogens with one attached hydrogen (secondary N) is 2. The summed E-state index contributed by atoms with van der Waals surface area (Å²) in [7, 11) is 0. The molecule has 2 heterocycles. The van der Waals surface area contributed by atoms with Crippen LogP contribution in [0, 0.1) is 0 Å². The van der Waals surface area contributed by atoms with Crippen molar-refractivity contribution < 1.29 is 14.7 Å². The van der Waals surface area contributed by atoms with Gasteiger partial charge in [0.1, 0.15) is 16.5 Å². The second-order valence-corrected chi connectivity index (χ2v) is 7.48. The van der Waals surface area contributed by atoms with Gasteiger partial charge in [-0.1, -0.05) is 11.3 Å². The lowest BCUT2D eigenvalue weighted by molar-refractivity contribution is -0.114. The number of carbonyl (C=O) groups is 2. The second kappa shape index (κ2) is 6.53. The number of Topliss-reactive ketones (excluding diaryl/α,β-unsaturated/α-hetero) is 1. The van der Waals surface area contributed by atoms with Crippen LogP contribution in [0.25, 0.3) is 5.76 Å². The first-order chi connectivity index (χ1) is 12.5. The van der Waals surface area contributed by atoms with Crippen molar-refractivity contribution in [2.75, 3.05) is 10.6 Å². The minimum Gasteiger partial charge on any atom is -0.507 e. The number of allylic oxidation sites excluding steroid dienone is 1. The third kappa shape index (κ3) is 3.32. The maximum absolute atomic E-state index is 12.8. The first-order valence-corrected chi connectivity index (χ1v) is 9.30. The Hall–Kier alpha value is -2.74. The predicted molar refractivity (Wildman–Crippen MR) is 99.5 cm³/mol. The molecule has 2 aliphatic rings. The van der Waals surface area contributed by atoms with Crippen molar-refractivity contribution in [1.29, 1.82) is 0 Å². The van der Waals surface area contributed by atoms with Crippen LogP contribution in [0.2, 0.25) is 0 Å².